The molecule has 0 aliphatic carbocycles. The molecule has 2 saturated heterocycles. The molecule has 2 fully saturated rings. The first-order valence-electron chi connectivity index (χ1n) is 5.27. The van der Waals surface area contributed by atoms with Gasteiger partial charge in [0.25, 0.3) is 0 Å². The van der Waals surface area contributed by atoms with Crippen molar-refractivity contribution in [2.24, 2.45) is 0 Å². The monoisotopic (exact) mass is 186 g/mol. The van der Waals surface area contributed by atoms with Crippen molar-refractivity contribution in [3.8, 4) is 0 Å². The summed E-state index contributed by atoms with van der Waals surface area (Å²) in [6.45, 7) is 0.948. The lowest BCUT2D eigenvalue weighted by molar-refractivity contribution is -0.238. The minimum Gasteiger partial charge on any atom is -0.394 e. The minimum atomic E-state index is -0.329. The van der Waals surface area contributed by atoms with Crippen molar-refractivity contribution >= 4 is 0 Å². The van der Waals surface area contributed by atoms with Crippen LogP contribution in [0.5, 0.6) is 0 Å². The van der Waals surface area contributed by atoms with Gasteiger partial charge in [0.15, 0.2) is 5.79 Å². The summed E-state index contributed by atoms with van der Waals surface area (Å²) < 4.78 is 11.5. The number of rotatable bonds is 1. The first kappa shape index (κ1) is 9.44. The lowest BCUT2D eigenvalue weighted by atomic mass is 10.1. The fourth-order valence-corrected chi connectivity index (χ4v) is 2.28. The van der Waals surface area contributed by atoms with Crippen molar-refractivity contribution in [2.45, 2.75) is 50.4 Å². The van der Waals surface area contributed by atoms with Crippen LogP contribution in [0.3, 0.4) is 0 Å². The van der Waals surface area contributed by atoms with E-state index >= 15 is 0 Å². The minimum absolute atomic E-state index is 0.000556. The molecule has 0 saturated carbocycles. The average Bonchev–Trinajstić information content (AvgIpc) is 2.48. The van der Waals surface area contributed by atoms with Gasteiger partial charge in [0.2, 0.25) is 0 Å². The second-order valence-electron chi connectivity index (χ2n) is 4.03. The lowest BCUT2D eigenvalue weighted by Gasteiger charge is -2.29. The fourth-order valence-electron chi connectivity index (χ4n) is 2.28. The number of hydrogen-bond acceptors (Lipinski definition) is 3. The quantitative estimate of drug-likeness (QED) is 0.673. The summed E-state index contributed by atoms with van der Waals surface area (Å²) in [7, 11) is 0. The van der Waals surface area contributed by atoms with Gasteiger partial charge in [0.05, 0.1) is 19.3 Å². The molecule has 0 aromatic heterocycles. The highest BCUT2D eigenvalue weighted by Crippen LogP contribution is 2.36. The van der Waals surface area contributed by atoms with Crippen LogP contribution in [0.25, 0.3) is 0 Å². The number of hydrogen-bond donors (Lipinski definition) is 1. The zero-order valence-electron chi connectivity index (χ0n) is 8.00. The molecular formula is C10H18O3. The van der Waals surface area contributed by atoms with Crippen molar-refractivity contribution in [3.63, 3.8) is 0 Å². The van der Waals surface area contributed by atoms with Gasteiger partial charge >= 0.3 is 0 Å². The first-order valence-corrected chi connectivity index (χ1v) is 5.27. The van der Waals surface area contributed by atoms with Crippen LogP contribution in [0.2, 0.25) is 0 Å². The average molecular weight is 186 g/mol. The molecule has 2 atom stereocenters. The second-order valence-corrected chi connectivity index (χ2v) is 4.03. The molecule has 2 aliphatic heterocycles. The van der Waals surface area contributed by atoms with Gasteiger partial charge in [-0.3, -0.25) is 0 Å². The molecular weight excluding hydrogens is 168 g/mol. The van der Waals surface area contributed by atoms with E-state index in [2.05, 4.69) is 0 Å². The molecule has 0 aromatic rings. The maximum Gasteiger partial charge on any atom is 0.168 e. The third-order valence-corrected chi connectivity index (χ3v) is 2.99. The van der Waals surface area contributed by atoms with Crippen LogP contribution >= 0.6 is 0 Å². The Morgan fingerprint density at radius 3 is 2.77 bits per heavy atom. The predicted octanol–water partition coefficient (Wildman–Crippen LogP) is 1.44. The van der Waals surface area contributed by atoms with E-state index in [1.807, 2.05) is 0 Å². The van der Waals surface area contributed by atoms with Crippen molar-refractivity contribution in [2.75, 3.05) is 13.2 Å². The van der Waals surface area contributed by atoms with E-state index in [4.69, 9.17) is 14.6 Å². The molecule has 2 heterocycles. The molecule has 1 spiro atoms. The van der Waals surface area contributed by atoms with E-state index < -0.39 is 0 Å². The summed E-state index contributed by atoms with van der Waals surface area (Å²) in [5.74, 6) is -0.329. The van der Waals surface area contributed by atoms with E-state index in [1.165, 1.54) is 0 Å². The fraction of sp³-hybridized carbons (Fsp3) is 1.00. The van der Waals surface area contributed by atoms with E-state index in [0.29, 0.717) is 0 Å². The van der Waals surface area contributed by atoms with Crippen LogP contribution in [-0.2, 0) is 9.47 Å². The zero-order valence-corrected chi connectivity index (χ0v) is 8.00. The molecule has 3 heteroatoms. The topological polar surface area (TPSA) is 38.7 Å². The van der Waals surface area contributed by atoms with E-state index in [-0.39, 0.29) is 18.5 Å². The summed E-state index contributed by atoms with van der Waals surface area (Å²) in [5, 5.41) is 9.08. The SMILES string of the molecule is OCC1CCCCC2(CCCO2)O1. The van der Waals surface area contributed by atoms with E-state index in [1.54, 1.807) is 0 Å². The Morgan fingerprint density at radius 1 is 1.23 bits per heavy atom. The van der Waals surface area contributed by atoms with Gasteiger partial charge in [-0.1, -0.05) is 6.42 Å². The van der Waals surface area contributed by atoms with Crippen LogP contribution in [0.4, 0.5) is 0 Å². The maximum absolute atomic E-state index is 9.08. The third-order valence-electron chi connectivity index (χ3n) is 2.99. The van der Waals surface area contributed by atoms with Crippen LogP contribution in [-0.4, -0.2) is 30.2 Å². The van der Waals surface area contributed by atoms with Crippen molar-refractivity contribution in [3.05, 3.63) is 0 Å². The Morgan fingerprint density at radius 2 is 2.08 bits per heavy atom. The lowest BCUT2D eigenvalue weighted by Crippen LogP contribution is -2.35. The molecule has 13 heavy (non-hydrogen) atoms. The standard InChI is InChI=1S/C10H18O3/c11-8-9-4-1-2-5-10(13-9)6-3-7-12-10/h9,11H,1-8H2. The smallest absolute Gasteiger partial charge is 0.168 e. The molecule has 0 aromatic carbocycles. The van der Waals surface area contributed by atoms with Crippen molar-refractivity contribution in [1.29, 1.82) is 0 Å². The molecule has 0 amide bonds. The number of aliphatic hydroxyl groups is 1. The van der Waals surface area contributed by atoms with Gasteiger partial charge in [-0.2, -0.15) is 0 Å². The van der Waals surface area contributed by atoms with Crippen molar-refractivity contribution in [1.82, 2.24) is 0 Å². The Bertz CT molecular complexity index is 164. The Labute approximate surface area is 79.0 Å². The summed E-state index contributed by atoms with van der Waals surface area (Å²) in [6.07, 6.45) is 6.39. The second kappa shape index (κ2) is 3.95. The third kappa shape index (κ3) is 2.03. The van der Waals surface area contributed by atoms with Gasteiger partial charge in [-0.25, -0.2) is 0 Å². The Hall–Kier alpha value is -0.120. The van der Waals surface area contributed by atoms with Crippen molar-refractivity contribution < 1.29 is 14.6 Å². The van der Waals surface area contributed by atoms with Gasteiger partial charge in [-0.05, 0) is 19.3 Å². The summed E-state index contributed by atoms with van der Waals surface area (Å²) in [4.78, 5) is 0. The predicted molar refractivity (Wildman–Crippen MR) is 48.3 cm³/mol. The normalized spacial score (nSPS) is 40.8. The number of aliphatic hydroxyl groups excluding tert-OH is 1. The van der Waals surface area contributed by atoms with Gasteiger partial charge in [0.1, 0.15) is 0 Å². The largest absolute Gasteiger partial charge is 0.394 e. The molecule has 0 radical (unpaired) electrons. The Kier molecular flexibility index (Phi) is 2.86. The van der Waals surface area contributed by atoms with Crippen LogP contribution < -0.4 is 0 Å². The molecule has 2 unspecified atom stereocenters. The molecule has 2 aliphatic rings. The highest BCUT2D eigenvalue weighted by atomic mass is 16.7. The molecule has 3 nitrogen and oxygen atoms in total. The van der Waals surface area contributed by atoms with Crippen LogP contribution in [0, 0.1) is 0 Å². The molecule has 0 bridgehead atoms. The zero-order chi connectivity index (χ0) is 9.15. The molecule has 1 N–H and O–H groups in total. The summed E-state index contributed by atoms with van der Waals surface area (Å²) in [5.41, 5.74) is 0. The van der Waals surface area contributed by atoms with E-state index in [9.17, 15) is 0 Å². The highest BCUT2D eigenvalue weighted by Gasteiger charge is 2.39. The molecule has 76 valence electrons. The van der Waals surface area contributed by atoms with Gasteiger partial charge < -0.3 is 14.6 Å². The number of ether oxygens (including phenoxy) is 2. The van der Waals surface area contributed by atoms with Crippen LogP contribution in [0.15, 0.2) is 0 Å². The van der Waals surface area contributed by atoms with Gasteiger partial charge in [0, 0.05) is 12.8 Å². The van der Waals surface area contributed by atoms with Gasteiger partial charge in [-0.15, -0.1) is 0 Å². The summed E-state index contributed by atoms with van der Waals surface area (Å²) >= 11 is 0. The van der Waals surface area contributed by atoms with E-state index in [0.717, 1.165) is 45.1 Å². The molecule has 2 rings (SSSR count). The van der Waals surface area contributed by atoms with Crippen LogP contribution in [0.1, 0.15) is 38.5 Å². The highest BCUT2D eigenvalue weighted by molar-refractivity contribution is 4.80. The summed E-state index contributed by atoms with van der Waals surface area (Å²) in [6, 6.07) is 0. The first-order chi connectivity index (χ1) is 6.35. The Balaban J connectivity index is 2.00. The maximum atomic E-state index is 9.08.